The van der Waals surface area contributed by atoms with Crippen molar-refractivity contribution in [3.63, 3.8) is 0 Å². The Morgan fingerprint density at radius 3 is 2.88 bits per heavy atom. The predicted octanol–water partition coefficient (Wildman–Crippen LogP) is 2.27. The van der Waals surface area contributed by atoms with Gasteiger partial charge < -0.3 is 9.55 Å². The van der Waals surface area contributed by atoms with Crippen LogP contribution >= 0.6 is 0 Å². The number of H-pyrrole nitrogens is 1. The molecule has 3 aromatic rings. The minimum absolute atomic E-state index is 0.865. The molecule has 0 fully saturated rings. The van der Waals surface area contributed by atoms with Crippen LogP contribution in [0.25, 0.3) is 22.6 Å². The molecule has 0 atom stereocenters. The van der Waals surface area contributed by atoms with Crippen molar-refractivity contribution in [3.8, 4) is 11.5 Å². The lowest BCUT2D eigenvalue weighted by molar-refractivity contribution is 0.913. The van der Waals surface area contributed by atoms with Crippen LogP contribution in [-0.2, 0) is 7.05 Å². The monoisotopic (exact) mass is 212 g/mol. The molecule has 0 bridgehead atoms. The number of rotatable bonds is 1. The molecular weight excluding hydrogens is 200 g/mol. The van der Waals surface area contributed by atoms with Gasteiger partial charge in [0.2, 0.25) is 0 Å². The first-order valence-corrected chi connectivity index (χ1v) is 5.18. The van der Waals surface area contributed by atoms with Crippen LogP contribution in [-0.4, -0.2) is 19.5 Å². The minimum atomic E-state index is 0.865. The van der Waals surface area contributed by atoms with Crippen LogP contribution in [0, 0.1) is 6.92 Å². The fourth-order valence-electron chi connectivity index (χ4n) is 1.88. The Bertz CT molecular complexity index is 648. The van der Waals surface area contributed by atoms with Crippen molar-refractivity contribution in [2.75, 3.05) is 0 Å². The maximum Gasteiger partial charge on any atom is 0.156 e. The van der Waals surface area contributed by atoms with Crippen molar-refractivity contribution >= 4 is 11.0 Å². The van der Waals surface area contributed by atoms with Crippen molar-refractivity contribution in [2.24, 2.45) is 7.05 Å². The normalized spacial score (nSPS) is 11.1. The van der Waals surface area contributed by atoms with Crippen LogP contribution in [0.4, 0.5) is 0 Å². The molecule has 0 amide bonds. The maximum atomic E-state index is 4.60. The zero-order valence-electron chi connectivity index (χ0n) is 9.23. The summed E-state index contributed by atoms with van der Waals surface area (Å²) in [5.41, 5.74) is 4.27. The molecule has 16 heavy (non-hydrogen) atoms. The lowest BCUT2D eigenvalue weighted by Gasteiger charge is -1.95. The van der Waals surface area contributed by atoms with Crippen molar-refractivity contribution in [1.82, 2.24) is 19.5 Å². The number of aromatic nitrogens is 4. The van der Waals surface area contributed by atoms with Crippen LogP contribution in [0.1, 0.15) is 5.56 Å². The molecule has 1 aromatic carbocycles. The average Bonchev–Trinajstić information content (AvgIpc) is 2.84. The largest absolute Gasteiger partial charge is 0.337 e. The van der Waals surface area contributed by atoms with Gasteiger partial charge >= 0.3 is 0 Å². The first-order valence-electron chi connectivity index (χ1n) is 5.18. The summed E-state index contributed by atoms with van der Waals surface area (Å²) in [5.74, 6) is 0.865. The number of para-hydroxylation sites is 1. The third-order valence-corrected chi connectivity index (χ3v) is 2.77. The zero-order valence-corrected chi connectivity index (χ0v) is 9.23. The number of nitrogens with zero attached hydrogens (tertiary/aromatic N) is 3. The Morgan fingerprint density at radius 1 is 1.31 bits per heavy atom. The molecular formula is C12H12N4. The molecule has 1 N–H and O–H groups in total. The van der Waals surface area contributed by atoms with Gasteiger partial charge in [-0.1, -0.05) is 12.1 Å². The molecule has 0 aliphatic carbocycles. The Morgan fingerprint density at radius 2 is 2.19 bits per heavy atom. The van der Waals surface area contributed by atoms with E-state index in [0.29, 0.717) is 0 Å². The molecule has 4 nitrogen and oxygen atoms in total. The summed E-state index contributed by atoms with van der Waals surface area (Å²) >= 11 is 0. The molecule has 0 aliphatic rings. The summed E-state index contributed by atoms with van der Waals surface area (Å²) in [6.07, 6.45) is 3.59. The summed E-state index contributed by atoms with van der Waals surface area (Å²) in [4.78, 5) is 12.0. The van der Waals surface area contributed by atoms with Crippen LogP contribution in [0.15, 0.2) is 30.7 Å². The first kappa shape index (κ1) is 9.15. The number of nitrogens with one attached hydrogen (secondary N) is 1. The van der Waals surface area contributed by atoms with Gasteiger partial charge in [0.25, 0.3) is 0 Å². The zero-order chi connectivity index (χ0) is 11.1. The Kier molecular flexibility index (Phi) is 1.83. The standard InChI is InChI=1S/C12H12N4/c1-8-4-3-5-9-11(8)15-12(14-9)10-6-13-7-16(10)2/h3-7H,1-2H3,(H,14,15). The second-order valence-electron chi connectivity index (χ2n) is 3.95. The molecule has 0 radical (unpaired) electrons. The Labute approximate surface area is 93.0 Å². The number of hydrogen-bond donors (Lipinski definition) is 1. The molecule has 0 spiro atoms. The van der Waals surface area contributed by atoms with Gasteiger partial charge in [0, 0.05) is 7.05 Å². The van der Waals surface area contributed by atoms with Crippen LogP contribution in [0.3, 0.4) is 0 Å². The Hall–Kier alpha value is -2.10. The number of fused-ring (bicyclic) bond motifs is 1. The third kappa shape index (κ3) is 1.23. The van der Waals surface area contributed by atoms with E-state index in [1.807, 2.05) is 29.9 Å². The first-order chi connectivity index (χ1) is 7.75. The van der Waals surface area contributed by atoms with Crippen molar-refractivity contribution in [2.45, 2.75) is 6.92 Å². The topological polar surface area (TPSA) is 46.5 Å². The third-order valence-electron chi connectivity index (χ3n) is 2.77. The van der Waals surface area contributed by atoms with E-state index in [9.17, 15) is 0 Å². The van der Waals surface area contributed by atoms with Crippen LogP contribution in [0.2, 0.25) is 0 Å². The number of benzene rings is 1. The summed E-state index contributed by atoms with van der Waals surface area (Å²) in [5, 5.41) is 0. The van der Waals surface area contributed by atoms with E-state index in [2.05, 4.69) is 27.9 Å². The summed E-state index contributed by atoms with van der Waals surface area (Å²) < 4.78 is 1.95. The number of hydrogen-bond acceptors (Lipinski definition) is 2. The second-order valence-corrected chi connectivity index (χ2v) is 3.95. The highest BCUT2D eigenvalue weighted by Crippen LogP contribution is 2.21. The average molecular weight is 212 g/mol. The van der Waals surface area contributed by atoms with Gasteiger partial charge in [-0.2, -0.15) is 0 Å². The molecule has 80 valence electrons. The van der Waals surface area contributed by atoms with Gasteiger partial charge in [0.05, 0.1) is 23.6 Å². The lowest BCUT2D eigenvalue weighted by Crippen LogP contribution is -1.90. The molecule has 2 aromatic heterocycles. The van der Waals surface area contributed by atoms with E-state index in [1.54, 1.807) is 6.33 Å². The van der Waals surface area contributed by atoms with E-state index < -0.39 is 0 Å². The molecule has 3 rings (SSSR count). The van der Waals surface area contributed by atoms with Crippen molar-refractivity contribution in [1.29, 1.82) is 0 Å². The summed E-state index contributed by atoms with van der Waals surface area (Å²) in [7, 11) is 1.96. The number of aromatic amines is 1. The molecule has 4 heteroatoms. The molecule has 0 unspecified atom stereocenters. The smallest absolute Gasteiger partial charge is 0.156 e. The highest BCUT2D eigenvalue weighted by atomic mass is 15.1. The van der Waals surface area contributed by atoms with E-state index >= 15 is 0 Å². The Balaban J connectivity index is 2.27. The predicted molar refractivity (Wildman–Crippen MR) is 63.0 cm³/mol. The van der Waals surface area contributed by atoms with E-state index in [0.717, 1.165) is 22.6 Å². The minimum Gasteiger partial charge on any atom is -0.337 e. The van der Waals surface area contributed by atoms with Crippen molar-refractivity contribution < 1.29 is 0 Å². The molecule has 0 saturated heterocycles. The quantitative estimate of drug-likeness (QED) is 0.672. The van der Waals surface area contributed by atoms with Crippen LogP contribution in [0.5, 0.6) is 0 Å². The molecule has 0 aliphatic heterocycles. The highest BCUT2D eigenvalue weighted by Gasteiger charge is 2.09. The SMILES string of the molecule is Cc1cccc2[nH]c(-c3cncn3C)nc12. The van der Waals surface area contributed by atoms with E-state index in [1.165, 1.54) is 5.56 Å². The fourth-order valence-corrected chi connectivity index (χ4v) is 1.88. The van der Waals surface area contributed by atoms with E-state index in [-0.39, 0.29) is 0 Å². The number of aryl methyl sites for hydroxylation is 2. The van der Waals surface area contributed by atoms with Gasteiger partial charge in [-0.05, 0) is 18.6 Å². The fraction of sp³-hybridized carbons (Fsp3) is 0.167. The van der Waals surface area contributed by atoms with Gasteiger partial charge in [0.1, 0.15) is 5.69 Å². The van der Waals surface area contributed by atoms with Crippen LogP contribution < -0.4 is 0 Å². The highest BCUT2D eigenvalue weighted by molar-refractivity contribution is 5.81. The van der Waals surface area contributed by atoms with Gasteiger partial charge in [-0.15, -0.1) is 0 Å². The van der Waals surface area contributed by atoms with Crippen molar-refractivity contribution in [3.05, 3.63) is 36.3 Å². The molecule has 2 heterocycles. The molecule has 0 saturated carbocycles. The van der Waals surface area contributed by atoms with Gasteiger partial charge in [0.15, 0.2) is 5.82 Å². The number of imidazole rings is 2. The lowest BCUT2D eigenvalue weighted by atomic mass is 10.2. The maximum absolute atomic E-state index is 4.60. The summed E-state index contributed by atoms with van der Waals surface area (Å²) in [6, 6.07) is 6.13. The van der Waals surface area contributed by atoms with E-state index in [4.69, 9.17) is 0 Å². The summed E-state index contributed by atoms with van der Waals surface area (Å²) in [6.45, 7) is 2.07. The second kappa shape index (κ2) is 3.20. The van der Waals surface area contributed by atoms with Gasteiger partial charge in [-0.25, -0.2) is 9.97 Å². The van der Waals surface area contributed by atoms with Gasteiger partial charge in [-0.3, -0.25) is 0 Å².